The number of unbranched alkanes of at least 4 members (excludes halogenated alkanes) is 1. The van der Waals surface area contributed by atoms with Crippen LogP contribution >= 0.6 is 0 Å². The Kier molecular flexibility index (Phi) is 10.3. The van der Waals surface area contributed by atoms with Gasteiger partial charge in [-0.2, -0.15) is 0 Å². The highest BCUT2D eigenvalue weighted by atomic mass is 16.5. The van der Waals surface area contributed by atoms with Gasteiger partial charge in [0.15, 0.2) is 5.96 Å². The van der Waals surface area contributed by atoms with E-state index < -0.39 is 0 Å². The maximum Gasteiger partial charge on any atom is 0.191 e. The number of nitrogens with zero attached hydrogens (tertiary/aromatic N) is 2. The van der Waals surface area contributed by atoms with Crippen LogP contribution < -0.4 is 10.6 Å². The minimum Gasteiger partial charge on any atom is -0.385 e. The molecular formula is C20H40N4O2. The topological polar surface area (TPSA) is 58.1 Å². The number of hydrogen-bond donors (Lipinski definition) is 2. The molecule has 6 heteroatoms. The molecule has 0 amide bonds. The van der Waals surface area contributed by atoms with Crippen molar-refractivity contribution in [1.29, 1.82) is 0 Å². The van der Waals surface area contributed by atoms with E-state index in [0.29, 0.717) is 5.41 Å². The average molecular weight is 369 g/mol. The Bertz CT molecular complexity index is 391. The number of aliphatic imine (C=N–C) groups is 1. The molecule has 0 aromatic rings. The van der Waals surface area contributed by atoms with E-state index in [4.69, 9.17) is 14.5 Å². The molecule has 1 aliphatic carbocycles. The second kappa shape index (κ2) is 12.5. The number of ether oxygens (including phenoxy) is 2. The van der Waals surface area contributed by atoms with Crippen molar-refractivity contribution in [3.05, 3.63) is 0 Å². The Balaban J connectivity index is 1.69. The van der Waals surface area contributed by atoms with Crippen molar-refractivity contribution in [3.8, 4) is 0 Å². The van der Waals surface area contributed by atoms with E-state index in [1.54, 1.807) is 7.11 Å². The number of rotatable bonds is 11. The van der Waals surface area contributed by atoms with E-state index in [2.05, 4.69) is 22.5 Å². The van der Waals surface area contributed by atoms with Gasteiger partial charge in [0.2, 0.25) is 0 Å². The van der Waals surface area contributed by atoms with Crippen LogP contribution in [0.15, 0.2) is 4.99 Å². The Morgan fingerprint density at radius 2 is 1.92 bits per heavy atom. The Morgan fingerprint density at radius 3 is 2.62 bits per heavy atom. The van der Waals surface area contributed by atoms with E-state index in [-0.39, 0.29) is 0 Å². The Labute approximate surface area is 160 Å². The van der Waals surface area contributed by atoms with Crippen molar-refractivity contribution >= 4 is 5.96 Å². The van der Waals surface area contributed by atoms with Gasteiger partial charge in [0.25, 0.3) is 0 Å². The van der Waals surface area contributed by atoms with Crippen LogP contribution in [0.4, 0.5) is 0 Å². The van der Waals surface area contributed by atoms with Gasteiger partial charge in [-0.1, -0.05) is 12.8 Å². The molecule has 2 fully saturated rings. The zero-order valence-corrected chi connectivity index (χ0v) is 17.0. The Morgan fingerprint density at radius 1 is 1.15 bits per heavy atom. The molecule has 0 unspecified atom stereocenters. The second-order valence-corrected chi connectivity index (χ2v) is 7.73. The molecule has 152 valence electrons. The molecule has 2 N–H and O–H groups in total. The second-order valence-electron chi connectivity index (χ2n) is 7.73. The van der Waals surface area contributed by atoms with Gasteiger partial charge in [-0.05, 0) is 51.0 Å². The fraction of sp³-hybridized carbons (Fsp3) is 0.950. The molecule has 1 aliphatic heterocycles. The van der Waals surface area contributed by atoms with Gasteiger partial charge in [-0.15, -0.1) is 0 Å². The monoisotopic (exact) mass is 368 g/mol. The lowest BCUT2D eigenvalue weighted by Crippen LogP contribution is -2.39. The van der Waals surface area contributed by atoms with Crippen molar-refractivity contribution in [2.75, 3.05) is 66.2 Å². The van der Waals surface area contributed by atoms with E-state index in [0.717, 1.165) is 64.9 Å². The summed E-state index contributed by atoms with van der Waals surface area (Å²) in [4.78, 5) is 7.42. The number of nitrogens with one attached hydrogen (secondary N) is 2. The molecule has 26 heavy (non-hydrogen) atoms. The third-order valence-corrected chi connectivity index (χ3v) is 5.71. The van der Waals surface area contributed by atoms with Crippen LogP contribution in [0.1, 0.15) is 51.9 Å². The fourth-order valence-corrected chi connectivity index (χ4v) is 4.01. The maximum atomic E-state index is 5.40. The van der Waals surface area contributed by atoms with Gasteiger partial charge in [-0.25, -0.2) is 0 Å². The normalized spacial score (nSPS) is 21.1. The lowest BCUT2D eigenvalue weighted by atomic mass is 9.83. The molecule has 0 spiro atoms. The highest BCUT2D eigenvalue weighted by Crippen LogP contribution is 2.41. The standard InChI is InChI=1S/C20H40N4O2/c1-3-21-19(22-11-6-7-12-24-13-16-26-17-14-24)23-18-20(10-15-25-2)8-4-5-9-20/h3-18H2,1-2H3,(H2,21,22,23). The maximum absolute atomic E-state index is 5.40. The quantitative estimate of drug-likeness (QED) is 0.333. The average Bonchev–Trinajstić information content (AvgIpc) is 3.14. The van der Waals surface area contributed by atoms with E-state index in [9.17, 15) is 0 Å². The fourth-order valence-electron chi connectivity index (χ4n) is 4.01. The lowest BCUT2D eigenvalue weighted by Gasteiger charge is -2.27. The van der Waals surface area contributed by atoms with Crippen molar-refractivity contribution in [2.45, 2.75) is 51.9 Å². The molecule has 2 aliphatic rings. The summed E-state index contributed by atoms with van der Waals surface area (Å²) in [5.41, 5.74) is 0.356. The van der Waals surface area contributed by atoms with Crippen LogP contribution in [0, 0.1) is 5.41 Å². The third kappa shape index (κ3) is 7.80. The van der Waals surface area contributed by atoms with Gasteiger partial charge in [0.05, 0.1) is 13.2 Å². The molecule has 1 heterocycles. The van der Waals surface area contributed by atoms with Crippen molar-refractivity contribution in [1.82, 2.24) is 15.5 Å². The molecule has 0 bridgehead atoms. The first-order valence-corrected chi connectivity index (χ1v) is 10.6. The molecule has 0 aromatic carbocycles. The summed E-state index contributed by atoms with van der Waals surface area (Å²) in [7, 11) is 1.80. The van der Waals surface area contributed by atoms with Crippen LogP contribution in [-0.2, 0) is 9.47 Å². The first kappa shape index (κ1) is 21.5. The number of guanidine groups is 1. The third-order valence-electron chi connectivity index (χ3n) is 5.71. The van der Waals surface area contributed by atoms with Gasteiger partial charge in [0, 0.05) is 46.4 Å². The molecule has 1 saturated carbocycles. The minimum absolute atomic E-state index is 0.356. The van der Waals surface area contributed by atoms with Crippen molar-refractivity contribution in [3.63, 3.8) is 0 Å². The van der Waals surface area contributed by atoms with E-state index in [1.165, 1.54) is 45.1 Å². The SMILES string of the molecule is CCNC(=NCC1(CCOC)CCCC1)NCCCCN1CCOCC1. The van der Waals surface area contributed by atoms with Crippen LogP contribution in [0.25, 0.3) is 0 Å². The van der Waals surface area contributed by atoms with Gasteiger partial charge in [0.1, 0.15) is 0 Å². The molecule has 0 aromatic heterocycles. The summed E-state index contributed by atoms with van der Waals surface area (Å²) in [5, 5.41) is 6.92. The van der Waals surface area contributed by atoms with Gasteiger partial charge >= 0.3 is 0 Å². The molecule has 6 nitrogen and oxygen atoms in total. The minimum atomic E-state index is 0.356. The predicted molar refractivity (Wildman–Crippen MR) is 108 cm³/mol. The smallest absolute Gasteiger partial charge is 0.191 e. The van der Waals surface area contributed by atoms with Crippen LogP contribution in [0.5, 0.6) is 0 Å². The summed E-state index contributed by atoms with van der Waals surface area (Å²) < 4.78 is 10.7. The van der Waals surface area contributed by atoms with Crippen LogP contribution in [0.3, 0.4) is 0 Å². The number of methoxy groups -OCH3 is 1. The largest absolute Gasteiger partial charge is 0.385 e. The summed E-state index contributed by atoms with van der Waals surface area (Å²) in [6.07, 6.45) is 8.79. The predicted octanol–water partition coefficient (Wildman–Crippen LogP) is 2.25. The van der Waals surface area contributed by atoms with Crippen LogP contribution in [0.2, 0.25) is 0 Å². The summed E-state index contributed by atoms with van der Waals surface area (Å²) in [6.45, 7) is 10.9. The van der Waals surface area contributed by atoms with Gasteiger partial charge < -0.3 is 20.1 Å². The molecule has 0 atom stereocenters. The van der Waals surface area contributed by atoms with Crippen molar-refractivity contribution in [2.24, 2.45) is 10.4 Å². The molecule has 2 rings (SSSR count). The highest BCUT2D eigenvalue weighted by Gasteiger charge is 2.33. The number of hydrogen-bond acceptors (Lipinski definition) is 4. The summed E-state index contributed by atoms with van der Waals surface area (Å²) in [5.74, 6) is 0.975. The van der Waals surface area contributed by atoms with E-state index >= 15 is 0 Å². The van der Waals surface area contributed by atoms with Gasteiger partial charge in [-0.3, -0.25) is 9.89 Å². The number of morpholine rings is 1. The summed E-state index contributed by atoms with van der Waals surface area (Å²) in [6, 6.07) is 0. The Hall–Kier alpha value is -0.850. The summed E-state index contributed by atoms with van der Waals surface area (Å²) >= 11 is 0. The zero-order chi connectivity index (χ0) is 18.5. The van der Waals surface area contributed by atoms with E-state index in [1.807, 2.05) is 0 Å². The first-order chi connectivity index (χ1) is 12.8. The molecule has 1 saturated heterocycles. The first-order valence-electron chi connectivity index (χ1n) is 10.6. The zero-order valence-electron chi connectivity index (χ0n) is 17.0. The highest BCUT2D eigenvalue weighted by molar-refractivity contribution is 5.79. The van der Waals surface area contributed by atoms with Crippen molar-refractivity contribution < 1.29 is 9.47 Å². The molecule has 0 radical (unpaired) electrons. The molecular weight excluding hydrogens is 328 g/mol. The van der Waals surface area contributed by atoms with Crippen LogP contribution in [-0.4, -0.2) is 77.1 Å². The lowest BCUT2D eigenvalue weighted by molar-refractivity contribution is 0.0372.